The summed E-state index contributed by atoms with van der Waals surface area (Å²) in [4.78, 5) is 4.30. The molecule has 5 heteroatoms. The molecule has 1 unspecified atom stereocenters. The summed E-state index contributed by atoms with van der Waals surface area (Å²) in [6, 6.07) is 25.7. The minimum absolute atomic E-state index is 0.0266. The van der Waals surface area contributed by atoms with Crippen LogP contribution in [0.4, 0.5) is 0 Å². The van der Waals surface area contributed by atoms with Crippen molar-refractivity contribution < 1.29 is 14.9 Å². The molecule has 0 radical (unpaired) electrons. The summed E-state index contributed by atoms with van der Waals surface area (Å²) in [6.45, 7) is 1.51. The quantitative estimate of drug-likeness (QED) is 0.526. The Hall–Kier alpha value is -2.31. The molecule has 1 atom stereocenters. The van der Waals surface area contributed by atoms with E-state index in [-0.39, 0.29) is 13.2 Å². The third-order valence-electron chi connectivity index (χ3n) is 4.48. The van der Waals surface area contributed by atoms with Crippen LogP contribution in [0.15, 0.2) is 88.7 Å². The minimum atomic E-state index is -0.574. The van der Waals surface area contributed by atoms with E-state index in [1.807, 2.05) is 73.8 Å². The maximum atomic E-state index is 10.3. The lowest BCUT2D eigenvalue weighted by atomic mass is 10.2. The van der Waals surface area contributed by atoms with Gasteiger partial charge in [-0.25, -0.2) is 0 Å². The zero-order chi connectivity index (χ0) is 20.5. The molecule has 2 N–H and O–H groups in total. The molecule has 0 saturated heterocycles. The molecule has 3 aromatic carbocycles. The van der Waals surface area contributed by atoms with Crippen LogP contribution in [0.1, 0.15) is 11.1 Å². The van der Waals surface area contributed by atoms with Crippen LogP contribution >= 0.6 is 11.8 Å². The van der Waals surface area contributed by atoms with Crippen LogP contribution < -0.4 is 4.74 Å². The average molecular weight is 410 g/mol. The van der Waals surface area contributed by atoms with Crippen LogP contribution in [0.3, 0.4) is 0 Å². The van der Waals surface area contributed by atoms with Crippen molar-refractivity contribution >= 4 is 11.8 Å². The van der Waals surface area contributed by atoms with Crippen LogP contribution in [0.2, 0.25) is 0 Å². The van der Waals surface area contributed by atoms with Crippen LogP contribution in [-0.2, 0) is 13.2 Å². The van der Waals surface area contributed by atoms with Gasteiger partial charge in [-0.3, -0.25) is 4.90 Å². The van der Waals surface area contributed by atoms with Gasteiger partial charge < -0.3 is 14.9 Å². The average Bonchev–Trinajstić information content (AvgIpc) is 2.75. The number of ether oxygens (including phenoxy) is 1. The Bertz CT molecular complexity index is 888. The van der Waals surface area contributed by atoms with Gasteiger partial charge in [-0.1, -0.05) is 66.4 Å². The van der Waals surface area contributed by atoms with Gasteiger partial charge in [0, 0.05) is 22.9 Å². The van der Waals surface area contributed by atoms with E-state index < -0.39 is 6.10 Å². The van der Waals surface area contributed by atoms with E-state index in [9.17, 15) is 10.2 Å². The summed E-state index contributed by atoms with van der Waals surface area (Å²) in [5, 5.41) is 19.9. The van der Waals surface area contributed by atoms with Gasteiger partial charge in [-0.05, 0) is 42.4 Å². The zero-order valence-corrected chi connectivity index (χ0v) is 17.4. The third-order valence-corrected chi connectivity index (χ3v) is 5.72. The van der Waals surface area contributed by atoms with E-state index in [0.717, 1.165) is 21.1 Å². The fourth-order valence-corrected chi connectivity index (χ4v) is 4.12. The van der Waals surface area contributed by atoms with Gasteiger partial charge in [0.1, 0.15) is 18.5 Å². The Morgan fingerprint density at radius 3 is 2.14 bits per heavy atom. The maximum absolute atomic E-state index is 10.3. The molecule has 29 heavy (non-hydrogen) atoms. The van der Waals surface area contributed by atoms with Crippen molar-refractivity contribution in [2.24, 2.45) is 0 Å². The third kappa shape index (κ3) is 6.61. The first-order chi connectivity index (χ1) is 14.2. The second-order valence-corrected chi connectivity index (χ2v) is 8.03. The predicted molar refractivity (Wildman–Crippen MR) is 117 cm³/mol. The van der Waals surface area contributed by atoms with Gasteiger partial charge in [0.15, 0.2) is 0 Å². The molecule has 3 aromatic rings. The zero-order valence-electron chi connectivity index (χ0n) is 16.6. The lowest BCUT2D eigenvalue weighted by molar-refractivity contribution is 0.0742. The van der Waals surface area contributed by atoms with E-state index in [1.54, 1.807) is 11.8 Å². The molecule has 0 aromatic heterocycles. The van der Waals surface area contributed by atoms with Gasteiger partial charge in [0.2, 0.25) is 0 Å². The number of aliphatic hydroxyl groups is 2. The van der Waals surface area contributed by atoms with Crippen LogP contribution in [0, 0.1) is 0 Å². The Balaban J connectivity index is 1.58. The molecule has 0 saturated carbocycles. The molecule has 0 aliphatic carbocycles. The molecule has 0 heterocycles. The number of nitrogens with zero attached hydrogens (tertiary/aromatic N) is 1. The van der Waals surface area contributed by atoms with E-state index in [0.29, 0.717) is 13.1 Å². The van der Waals surface area contributed by atoms with Crippen LogP contribution in [0.5, 0.6) is 5.75 Å². The van der Waals surface area contributed by atoms with Gasteiger partial charge in [0.25, 0.3) is 0 Å². The van der Waals surface area contributed by atoms with Crippen LogP contribution in [0.25, 0.3) is 0 Å². The smallest absolute Gasteiger partial charge is 0.119 e. The first kappa shape index (κ1) is 21.4. The van der Waals surface area contributed by atoms with Crippen molar-refractivity contribution in [1.82, 2.24) is 4.90 Å². The maximum Gasteiger partial charge on any atom is 0.119 e. The summed E-state index contributed by atoms with van der Waals surface area (Å²) < 4.78 is 5.64. The molecular formula is C24H27NO3S. The SMILES string of the molecule is CN(Cc1ccccc1Sc1ccccc1CO)CC(O)COc1ccccc1. The molecule has 0 spiro atoms. The standard InChI is InChI=1S/C24H27NO3S/c1-25(16-21(27)18-28-22-11-3-2-4-12-22)15-19-9-5-7-13-23(19)29-24-14-8-6-10-20(24)17-26/h2-14,21,26-27H,15-18H2,1H3. The summed E-state index contributed by atoms with van der Waals surface area (Å²) >= 11 is 1.66. The highest BCUT2D eigenvalue weighted by molar-refractivity contribution is 7.99. The number of hydrogen-bond donors (Lipinski definition) is 2. The van der Waals surface area contributed by atoms with Crippen molar-refractivity contribution in [3.63, 3.8) is 0 Å². The Labute approximate surface area is 176 Å². The fraction of sp³-hybridized carbons (Fsp3) is 0.250. The molecule has 0 aliphatic heterocycles. The Morgan fingerprint density at radius 2 is 1.45 bits per heavy atom. The van der Waals surface area contributed by atoms with Gasteiger partial charge in [-0.15, -0.1) is 0 Å². The van der Waals surface area contributed by atoms with Crippen molar-refractivity contribution in [2.75, 3.05) is 20.2 Å². The summed E-state index contributed by atoms with van der Waals surface area (Å²) in [7, 11) is 1.99. The van der Waals surface area contributed by atoms with E-state index in [1.165, 1.54) is 5.56 Å². The molecule has 0 fully saturated rings. The lowest BCUT2D eigenvalue weighted by Crippen LogP contribution is -2.32. The largest absolute Gasteiger partial charge is 0.491 e. The molecule has 0 aliphatic rings. The highest BCUT2D eigenvalue weighted by Crippen LogP contribution is 2.33. The second-order valence-electron chi connectivity index (χ2n) is 6.95. The number of aliphatic hydroxyl groups excluding tert-OH is 2. The van der Waals surface area contributed by atoms with Gasteiger partial charge in [0.05, 0.1) is 6.61 Å². The molecule has 0 amide bonds. The van der Waals surface area contributed by atoms with E-state index in [2.05, 4.69) is 17.0 Å². The number of hydrogen-bond acceptors (Lipinski definition) is 5. The minimum Gasteiger partial charge on any atom is -0.491 e. The number of benzene rings is 3. The monoisotopic (exact) mass is 409 g/mol. The predicted octanol–water partition coefficient (Wildman–Crippen LogP) is 4.20. The number of rotatable bonds is 10. The highest BCUT2D eigenvalue weighted by atomic mass is 32.2. The second kappa shape index (κ2) is 11.0. The van der Waals surface area contributed by atoms with Crippen molar-refractivity contribution in [1.29, 1.82) is 0 Å². The topological polar surface area (TPSA) is 52.9 Å². The Morgan fingerprint density at radius 1 is 0.862 bits per heavy atom. The Kier molecular flexibility index (Phi) is 8.14. The summed E-state index contributed by atoms with van der Waals surface area (Å²) in [5.41, 5.74) is 2.11. The van der Waals surface area contributed by atoms with Crippen molar-refractivity contribution in [3.8, 4) is 5.75 Å². The van der Waals surface area contributed by atoms with E-state index >= 15 is 0 Å². The summed E-state index contributed by atoms with van der Waals surface area (Å²) in [5.74, 6) is 0.762. The van der Waals surface area contributed by atoms with Crippen molar-refractivity contribution in [3.05, 3.63) is 90.0 Å². The molecule has 0 bridgehead atoms. The normalized spacial score (nSPS) is 12.1. The van der Waals surface area contributed by atoms with Gasteiger partial charge >= 0.3 is 0 Å². The van der Waals surface area contributed by atoms with Gasteiger partial charge in [-0.2, -0.15) is 0 Å². The lowest BCUT2D eigenvalue weighted by Gasteiger charge is -2.22. The molecular weight excluding hydrogens is 382 g/mol. The van der Waals surface area contributed by atoms with E-state index in [4.69, 9.17) is 4.74 Å². The first-order valence-electron chi connectivity index (χ1n) is 9.64. The molecule has 3 rings (SSSR count). The first-order valence-corrected chi connectivity index (χ1v) is 10.5. The summed E-state index contributed by atoms with van der Waals surface area (Å²) in [6.07, 6.45) is -0.574. The highest BCUT2D eigenvalue weighted by Gasteiger charge is 2.13. The van der Waals surface area contributed by atoms with Crippen molar-refractivity contribution in [2.45, 2.75) is 29.0 Å². The number of para-hydroxylation sites is 1. The molecule has 4 nitrogen and oxygen atoms in total. The molecule has 152 valence electrons. The fourth-order valence-electron chi connectivity index (χ4n) is 3.06. The number of likely N-dealkylation sites (N-methyl/N-ethyl adjacent to an activating group) is 1. The van der Waals surface area contributed by atoms with Crippen LogP contribution in [-0.4, -0.2) is 41.4 Å².